The van der Waals surface area contributed by atoms with Crippen molar-refractivity contribution >= 4 is 17.6 Å². The zero-order valence-corrected chi connectivity index (χ0v) is 13.9. The molecule has 1 amide bonds. The molecule has 1 N–H and O–H groups in total. The van der Waals surface area contributed by atoms with Gasteiger partial charge in [0.1, 0.15) is 0 Å². The van der Waals surface area contributed by atoms with Crippen LogP contribution in [0.5, 0.6) is 0 Å². The molecule has 0 aromatic heterocycles. The number of amides is 1. The highest BCUT2D eigenvalue weighted by Crippen LogP contribution is 2.39. The molecule has 4 nitrogen and oxygen atoms in total. The molecule has 2 aromatic rings. The van der Waals surface area contributed by atoms with Gasteiger partial charge in [-0.2, -0.15) is 0 Å². The third kappa shape index (κ3) is 3.82. The first-order valence-electron chi connectivity index (χ1n) is 8.17. The van der Waals surface area contributed by atoms with E-state index in [2.05, 4.69) is 5.32 Å². The van der Waals surface area contributed by atoms with Crippen LogP contribution in [0, 0.1) is 18.8 Å². The summed E-state index contributed by atoms with van der Waals surface area (Å²) in [6, 6.07) is 16.6. The molecule has 1 saturated carbocycles. The lowest BCUT2D eigenvalue weighted by Crippen LogP contribution is -2.26. The molecule has 1 aliphatic carbocycles. The molecule has 3 atom stereocenters. The monoisotopic (exact) mass is 323 g/mol. The minimum atomic E-state index is -0.937. The van der Waals surface area contributed by atoms with Gasteiger partial charge in [0.25, 0.3) is 5.91 Å². The lowest BCUT2D eigenvalue weighted by atomic mass is 10.1. The molecule has 0 aliphatic heterocycles. The van der Waals surface area contributed by atoms with Crippen molar-refractivity contribution in [2.24, 2.45) is 11.8 Å². The molecule has 0 unspecified atom stereocenters. The van der Waals surface area contributed by atoms with Gasteiger partial charge in [0.05, 0.1) is 5.92 Å². The molecule has 1 aliphatic rings. The van der Waals surface area contributed by atoms with E-state index in [0.29, 0.717) is 17.2 Å². The number of anilines is 1. The minimum Gasteiger partial charge on any atom is -0.447 e. The van der Waals surface area contributed by atoms with Gasteiger partial charge in [-0.15, -0.1) is 0 Å². The SMILES string of the molecule is Cc1ccc(NC(=O)[C@H](OC(=O)[C@@H]2C[C@H]2C)c2ccccc2)cc1. The average molecular weight is 323 g/mol. The Kier molecular flexibility index (Phi) is 4.65. The molecular formula is C20H21NO3. The van der Waals surface area contributed by atoms with E-state index in [1.54, 1.807) is 12.1 Å². The van der Waals surface area contributed by atoms with Gasteiger partial charge < -0.3 is 10.1 Å². The fourth-order valence-electron chi connectivity index (χ4n) is 2.60. The number of esters is 1. The van der Waals surface area contributed by atoms with Crippen LogP contribution in [0.1, 0.15) is 30.6 Å². The van der Waals surface area contributed by atoms with Gasteiger partial charge in [0, 0.05) is 11.3 Å². The molecule has 24 heavy (non-hydrogen) atoms. The normalized spacial score (nSPS) is 20.1. The molecule has 0 radical (unpaired) electrons. The molecule has 0 spiro atoms. The fraction of sp³-hybridized carbons (Fsp3) is 0.300. The minimum absolute atomic E-state index is 0.0802. The number of ether oxygens (including phenoxy) is 1. The molecular weight excluding hydrogens is 302 g/mol. The van der Waals surface area contributed by atoms with Gasteiger partial charge in [-0.1, -0.05) is 55.0 Å². The number of carbonyl (C=O) groups excluding carboxylic acids is 2. The van der Waals surface area contributed by atoms with Crippen molar-refractivity contribution in [2.45, 2.75) is 26.4 Å². The summed E-state index contributed by atoms with van der Waals surface area (Å²) in [5.74, 6) is -0.375. The summed E-state index contributed by atoms with van der Waals surface area (Å²) < 4.78 is 5.54. The molecule has 2 aromatic carbocycles. The Morgan fingerprint density at radius 2 is 1.71 bits per heavy atom. The van der Waals surface area contributed by atoms with E-state index in [1.807, 2.05) is 56.3 Å². The van der Waals surface area contributed by atoms with Gasteiger partial charge in [-0.05, 0) is 31.4 Å². The molecule has 0 bridgehead atoms. The molecule has 0 heterocycles. The summed E-state index contributed by atoms with van der Waals surface area (Å²) in [5, 5.41) is 2.83. The second-order valence-corrected chi connectivity index (χ2v) is 6.40. The average Bonchev–Trinajstić information content (AvgIpc) is 3.32. The first-order chi connectivity index (χ1) is 11.5. The van der Waals surface area contributed by atoms with E-state index in [9.17, 15) is 9.59 Å². The van der Waals surface area contributed by atoms with Gasteiger partial charge in [-0.25, -0.2) is 0 Å². The van der Waals surface area contributed by atoms with Crippen molar-refractivity contribution in [3.8, 4) is 0 Å². The molecule has 4 heteroatoms. The predicted octanol–water partition coefficient (Wildman–Crippen LogP) is 3.87. The first-order valence-corrected chi connectivity index (χ1v) is 8.17. The third-order valence-electron chi connectivity index (χ3n) is 4.31. The molecule has 0 saturated heterocycles. The van der Waals surface area contributed by atoms with Crippen LogP contribution in [0.3, 0.4) is 0 Å². The number of nitrogens with one attached hydrogen (secondary N) is 1. The van der Waals surface area contributed by atoms with Crippen LogP contribution in [-0.2, 0) is 14.3 Å². The highest BCUT2D eigenvalue weighted by Gasteiger charge is 2.42. The highest BCUT2D eigenvalue weighted by atomic mass is 16.5. The van der Waals surface area contributed by atoms with Crippen LogP contribution >= 0.6 is 0 Å². The maximum atomic E-state index is 12.7. The number of hydrogen-bond donors (Lipinski definition) is 1. The van der Waals surface area contributed by atoms with Crippen molar-refractivity contribution in [3.63, 3.8) is 0 Å². The summed E-state index contributed by atoms with van der Waals surface area (Å²) in [5.41, 5.74) is 2.47. The van der Waals surface area contributed by atoms with E-state index < -0.39 is 6.10 Å². The summed E-state index contributed by atoms with van der Waals surface area (Å²) >= 11 is 0. The van der Waals surface area contributed by atoms with Crippen molar-refractivity contribution in [2.75, 3.05) is 5.32 Å². The quantitative estimate of drug-likeness (QED) is 0.850. The zero-order valence-electron chi connectivity index (χ0n) is 13.9. The van der Waals surface area contributed by atoms with E-state index in [1.165, 1.54) is 0 Å². The standard InChI is InChI=1S/C20H21NO3/c1-13-8-10-16(11-9-13)21-19(22)18(15-6-4-3-5-7-15)24-20(23)17-12-14(17)2/h3-11,14,17-18H,12H2,1-2H3,(H,21,22)/t14-,17-,18-/m1/s1. The number of benzene rings is 2. The first kappa shape index (κ1) is 16.2. The van der Waals surface area contributed by atoms with Gasteiger partial charge in [0.15, 0.2) is 0 Å². The highest BCUT2D eigenvalue weighted by molar-refractivity contribution is 5.96. The van der Waals surface area contributed by atoms with Crippen LogP contribution < -0.4 is 5.32 Å². The van der Waals surface area contributed by atoms with E-state index in [-0.39, 0.29) is 17.8 Å². The Balaban J connectivity index is 1.76. The fourth-order valence-corrected chi connectivity index (χ4v) is 2.60. The Morgan fingerprint density at radius 1 is 1.08 bits per heavy atom. The van der Waals surface area contributed by atoms with Crippen molar-refractivity contribution < 1.29 is 14.3 Å². The number of rotatable bonds is 5. The maximum absolute atomic E-state index is 12.7. The molecule has 124 valence electrons. The lowest BCUT2D eigenvalue weighted by Gasteiger charge is -2.18. The summed E-state index contributed by atoms with van der Waals surface area (Å²) in [7, 11) is 0. The second kappa shape index (κ2) is 6.87. The topological polar surface area (TPSA) is 55.4 Å². The molecule has 3 rings (SSSR count). The van der Waals surface area contributed by atoms with Crippen LogP contribution in [0.25, 0.3) is 0 Å². The second-order valence-electron chi connectivity index (χ2n) is 6.40. The van der Waals surface area contributed by atoms with Crippen LogP contribution in [0.4, 0.5) is 5.69 Å². The van der Waals surface area contributed by atoms with Gasteiger partial charge >= 0.3 is 5.97 Å². The van der Waals surface area contributed by atoms with Crippen molar-refractivity contribution in [1.82, 2.24) is 0 Å². The van der Waals surface area contributed by atoms with Gasteiger partial charge in [-0.3, -0.25) is 9.59 Å². The maximum Gasteiger partial charge on any atom is 0.310 e. The Morgan fingerprint density at radius 3 is 2.29 bits per heavy atom. The Hall–Kier alpha value is -2.62. The summed E-state index contributed by atoms with van der Waals surface area (Å²) in [6.07, 6.45) is -0.104. The van der Waals surface area contributed by atoms with E-state index >= 15 is 0 Å². The Labute approximate surface area is 141 Å². The van der Waals surface area contributed by atoms with Crippen LogP contribution in [0.15, 0.2) is 54.6 Å². The number of carbonyl (C=O) groups is 2. The predicted molar refractivity (Wildman–Crippen MR) is 92.4 cm³/mol. The number of hydrogen-bond acceptors (Lipinski definition) is 3. The summed E-state index contributed by atoms with van der Waals surface area (Å²) in [6.45, 7) is 3.99. The largest absolute Gasteiger partial charge is 0.447 e. The van der Waals surface area contributed by atoms with Crippen molar-refractivity contribution in [3.05, 3.63) is 65.7 Å². The van der Waals surface area contributed by atoms with Crippen LogP contribution in [0.2, 0.25) is 0 Å². The smallest absolute Gasteiger partial charge is 0.310 e. The van der Waals surface area contributed by atoms with Crippen LogP contribution in [-0.4, -0.2) is 11.9 Å². The molecule has 1 fully saturated rings. The van der Waals surface area contributed by atoms with Gasteiger partial charge in [0.2, 0.25) is 6.10 Å². The van der Waals surface area contributed by atoms with E-state index in [4.69, 9.17) is 4.74 Å². The van der Waals surface area contributed by atoms with E-state index in [0.717, 1.165) is 12.0 Å². The lowest BCUT2D eigenvalue weighted by molar-refractivity contribution is -0.156. The van der Waals surface area contributed by atoms with Crippen molar-refractivity contribution in [1.29, 1.82) is 0 Å². The Bertz CT molecular complexity index is 724. The zero-order chi connectivity index (χ0) is 17.1. The third-order valence-corrected chi connectivity index (χ3v) is 4.31. The number of aryl methyl sites for hydroxylation is 1. The summed E-state index contributed by atoms with van der Waals surface area (Å²) in [4.78, 5) is 24.9.